The fourth-order valence-corrected chi connectivity index (χ4v) is 4.45. The summed E-state index contributed by atoms with van der Waals surface area (Å²) in [5.41, 5.74) is -3.90. The summed E-state index contributed by atoms with van der Waals surface area (Å²) in [6.07, 6.45) is 0.0658. The number of rotatable bonds is 9. The van der Waals surface area contributed by atoms with Gasteiger partial charge in [0.05, 0.1) is 16.7 Å². The van der Waals surface area contributed by atoms with Crippen LogP contribution in [0.2, 0.25) is 0 Å². The summed E-state index contributed by atoms with van der Waals surface area (Å²) in [5.74, 6) is -29.4. The maximum absolute atomic E-state index is 14.8. The minimum Gasteiger partial charge on any atom is -0.448 e. The van der Waals surface area contributed by atoms with Crippen molar-refractivity contribution >= 4 is 5.97 Å². The summed E-state index contributed by atoms with van der Waals surface area (Å²) in [4.78, 5) is 12.9. The summed E-state index contributed by atoms with van der Waals surface area (Å²) < 4.78 is 161. The van der Waals surface area contributed by atoms with Gasteiger partial charge >= 0.3 is 5.97 Å². The van der Waals surface area contributed by atoms with Gasteiger partial charge < -0.3 is 4.74 Å². The molecule has 0 saturated heterocycles. The molecule has 0 radical (unpaired) electrons. The molecule has 4 aromatic carbocycles. The van der Waals surface area contributed by atoms with E-state index in [0.29, 0.717) is 6.42 Å². The molecule has 0 saturated carbocycles. The SMILES string of the molecule is CCCCCc1ccc(-c2ccc(C(=O)OC(c3c(F)c(F)c(F)c(F)c3F)c3c(F)c(F)c(F)c(F)c3F)cc2)c(F)c1. The molecular formula is C31H19F11O2. The second-order valence-electron chi connectivity index (χ2n) is 9.60. The minimum atomic E-state index is -3.35. The normalized spacial score (nSPS) is 11.4. The van der Waals surface area contributed by atoms with Crippen LogP contribution in [0.5, 0.6) is 0 Å². The first kappa shape index (κ1) is 32.5. The van der Waals surface area contributed by atoms with Crippen molar-refractivity contribution in [1.29, 1.82) is 0 Å². The average molecular weight is 632 g/mol. The number of carbonyl (C=O) groups is 1. The zero-order valence-corrected chi connectivity index (χ0v) is 22.4. The summed E-state index contributed by atoms with van der Waals surface area (Å²) in [6, 6.07) is 8.77. The van der Waals surface area contributed by atoms with Gasteiger partial charge in [-0.1, -0.05) is 44.0 Å². The Morgan fingerprint density at radius 1 is 0.614 bits per heavy atom. The highest BCUT2D eigenvalue weighted by atomic mass is 19.2. The molecule has 0 heterocycles. The summed E-state index contributed by atoms with van der Waals surface area (Å²) in [6.45, 7) is 2.02. The van der Waals surface area contributed by atoms with E-state index in [0.717, 1.165) is 37.0 Å². The molecule has 232 valence electrons. The van der Waals surface area contributed by atoms with Crippen LogP contribution in [0.25, 0.3) is 11.1 Å². The van der Waals surface area contributed by atoms with Gasteiger partial charge in [0.25, 0.3) is 0 Å². The van der Waals surface area contributed by atoms with Crippen molar-refractivity contribution in [3.63, 3.8) is 0 Å². The second kappa shape index (κ2) is 13.1. The van der Waals surface area contributed by atoms with Crippen LogP contribution in [0.3, 0.4) is 0 Å². The number of hydrogen-bond donors (Lipinski definition) is 0. The maximum atomic E-state index is 14.8. The number of halogens is 11. The van der Waals surface area contributed by atoms with Crippen LogP contribution in [0.4, 0.5) is 48.3 Å². The van der Waals surface area contributed by atoms with Crippen molar-refractivity contribution in [2.45, 2.75) is 38.7 Å². The highest BCUT2D eigenvalue weighted by molar-refractivity contribution is 5.90. The van der Waals surface area contributed by atoms with E-state index in [1.165, 1.54) is 24.3 Å². The molecule has 0 atom stereocenters. The Morgan fingerprint density at radius 3 is 1.50 bits per heavy atom. The van der Waals surface area contributed by atoms with E-state index in [-0.39, 0.29) is 11.1 Å². The molecule has 0 aromatic heterocycles. The lowest BCUT2D eigenvalue weighted by atomic mass is 9.97. The van der Waals surface area contributed by atoms with Crippen LogP contribution in [0.1, 0.15) is 59.3 Å². The van der Waals surface area contributed by atoms with Gasteiger partial charge in [0.15, 0.2) is 52.6 Å². The fraction of sp³-hybridized carbons (Fsp3) is 0.194. The zero-order valence-electron chi connectivity index (χ0n) is 22.4. The Morgan fingerprint density at radius 2 is 1.07 bits per heavy atom. The summed E-state index contributed by atoms with van der Waals surface area (Å²) >= 11 is 0. The lowest BCUT2D eigenvalue weighted by Crippen LogP contribution is -2.22. The van der Waals surface area contributed by atoms with Gasteiger partial charge in [-0.2, -0.15) is 0 Å². The molecule has 44 heavy (non-hydrogen) atoms. The van der Waals surface area contributed by atoms with Crippen molar-refractivity contribution in [3.05, 3.63) is 129 Å². The number of aryl methyl sites for hydroxylation is 1. The number of esters is 1. The van der Waals surface area contributed by atoms with E-state index < -0.39 is 92.8 Å². The fourth-order valence-electron chi connectivity index (χ4n) is 4.45. The predicted octanol–water partition coefficient (Wildman–Crippen LogP) is 9.56. The molecule has 13 heteroatoms. The van der Waals surface area contributed by atoms with Gasteiger partial charge in [0.1, 0.15) is 5.82 Å². The quantitative estimate of drug-likeness (QED) is 0.0604. The topological polar surface area (TPSA) is 26.3 Å². The Bertz CT molecular complexity index is 1610. The van der Waals surface area contributed by atoms with E-state index in [1.807, 2.05) is 6.92 Å². The third kappa shape index (κ3) is 6.00. The van der Waals surface area contributed by atoms with Gasteiger partial charge in [0.2, 0.25) is 11.6 Å². The average Bonchev–Trinajstić information content (AvgIpc) is 3.01. The lowest BCUT2D eigenvalue weighted by Gasteiger charge is -2.22. The molecule has 2 nitrogen and oxygen atoms in total. The monoisotopic (exact) mass is 632 g/mol. The van der Waals surface area contributed by atoms with E-state index in [9.17, 15) is 53.1 Å². The largest absolute Gasteiger partial charge is 0.448 e. The smallest absolute Gasteiger partial charge is 0.339 e. The summed E-state index contributed by atoms with van der Waals surface area (Å²) in [5, 5.41) is 0. The first-order valence-electron chi connectivity index (χ1n) is 12.9. The zero-order chi connectivity index (χ0) is 32.5. The molecule has 0 amide bonds. The molecule has 4 rings (SSSR count). The van der Waals surface area contributed by atoms with Crippen molar-refractivity contribution in [2.75, 3.05) is 0 Å². The molecule has 0 spiro atoms. The standard InChI is InChI=1S/C31H19F11O2/c1-2-3-4-5-13-6-11-16(17(32)12-13)14-7-9-15(10-8-14)31(43)44-30(18-20(33)24(37)28(41)25(38)21(18)34)19-22(35)26(39)29(42)27(40)23(19)36/h6-12,30H,2-5H2,1H3. The van der Waals surface area contributed by atoms with Crippen molar-refractivity contribution in [3.8, 4) is 11.1 Å². The highest BCUT2D eigenvalue weighted by Gasteiger charge is 2.39. The Hall–Kier alpha value is -4.42. The first-order valence-corrected chi connectivity index (χ1v) is 12.9. The Balaban J connectivity index is 1.75. The number of unbranched alkanes of at least 4 members (excludes halogenated alkanes) is 2. The van der Waals surface area contributed by atoms with Gasteiger partial charge in [-0.05, 0) is 42.2 Å². The van der Waals surface area contributed by atoms with Gasteiger partial charge in [-0.3, -0.25) is 0 Å². The van der Waals surface area contributed by atoms with Crippen LogP contribution < -0.4 is 0 Å². The number of carbonyl (C=O) groups excluding carboxylic acids is 1. The minimum absolute atomic E-state index is 0.102. The Kier molecular flexibility index (Phi) is 9.65. The maximum Gasteiger partial charge on any atom is 0.339 e. The van der Waals surface area contributed by atoms with Crippen molar-refractivity contribution < 1.29 is 57.8 Å². The second-order valence-corrected chi connectivity index (χ2v) is 9.60. The van der Waals surface area contributed by atoms with Gasteiger partial charge in [0, 0.05) is 5.56 Å². The molecule has 0 bridgehead atoms. The molecule has 0 aliphatic rings. The molecule has 0 fully saturated rings. The highest BCUT2D eigenvalue weighted by Crippen LogP contribution is 2.39. The molecule has 0 aliphatic carbocycles. The molecule has 0 aliphatic heterocycles. The van der Waals surface area contributed by atoms with E-state index >= 15 is 0 Å². The van der Waals surface area contributed by atoms with Crippen LogP contribution in [-0.2, 0) is 11.2 Å². The van der Waals surface area contributed by atoms with Gasteiger partial charge in [-0.15, -0.1) is 0 Å². The number of ether oxygens (including phenoxy) is 1. The predicted molar refractivity (Wildman–Crippen MR) is 135 cm³/mol. The first-order chi connectivity index (χ1) is 20.8. The van der Waals surface area contributed by atoms with E-state index in [1.54, 1.807) is 6.07 Å². The van der Waals surface area contributed by atoms with Crippen LogP contribution >= 0.6 is 0 Å². The third-order valence-electron chi connectivity index (χ3n) is 6.77. The van der Waals surface area contributed by atoms with Crippen molar-refractivity contribution in [1.82, 2.24) is 0 Å². The van der Waals surface area contributed by atoms with Crippen LogP contribution in [0, 0.1) is 64.0 Å². The summed E-state index contributed by atoms with van der Waals surface area (Å²) in [7, 11) is 0. The Labute approximate surface area is 242 Å². The van der Waals surface area contributed by atoms with E-state index in [4.69, 9.17) is 0 Å². The van der Waals surface area contributed by atoms with E-state index in [2.05, 4.69) is 4.74 Å². The molecule has 4 aromatic rings. The molecule has 0 unspecified atom stereocenters. The molecular weight excluding hydrogens is 613 g/mol. The van der Waals surface area contributed by atoms with Crippen LogP contribution in [0.15, 0.2) is 42.5 Å². The van der Waals surface area contributed by atoms with Crippen LogP contribution in [-0.4, -0.2) is 5.97 Å². The number of hydrogen-bond acceptors (Lipinski definition) is 2. The van der Waals surface area contributed by atoms with Crippen molar-refractivity contribution in [2.24, 2.45) is 0 Å². The van der Waals surface area contributed by atoms with Gasteiger partial charge in [-0.25, -0.2) is 53.1 Å². The lowest BCUT2D eigenvalue weighted by molar-refractivity contribution is 0.0345. The number of benzene rings is 4. The molecule has 0 N–H and O–H groups in total. The third-order valence-corrected chi connectivity index (χ3v) is 6.77.